The molecule has 4 rings (SSSR count). The van der Waals surface area contributed by atoms with Crippen molar-refractivity contribution in [3.63, 3.8) is 0 Å². The molecule has 0 spiro atoms. The summed E-state index contributed by atoms with van der Waals surface area (Å²) >= 11 is 2.96. The van der Waals surface area contributed by atoms with Crippen LogP contribution in [0.15, 0.2) is 46.8 Å². The van der Waals surface area contributed by atoms with Crippen molar-refractivity contribution in [1.29, 1.82) is 0 Å². The van der Waals surface area contributed by atoms with E-state index in [1.807, 2.05) is 41.8 Å². The molecule has 4 aromatic heterocycles. The number of aromatic nitrogens is 4. The van der Waals surface area contributed by atoms with Gasteiger partial charge in [-0.15, -0.1) is 16.4 Å². The number of rotatable bonds is 3. The normalized spacial score (nSPS) is 12.6. The predicted octanol–water partition coefficient (Wildman–Crippen LogP) is 2.33. The number of thiazole rings is 1. The topological polar surface area (TPSA) is 60.2 Å². The van der Waals surface area contributed by atoms with Crippen molar-refractivity contribution < 1.29 is 0 Å². The van der Waals surface area contributed by atoms with Gasteiger partial charge in [0, 0.05) is 17.3 Å². The van der Waals surface area contributed by atoms with Crippen LogP contribution in [0.1, 0.15) is 16.3 Å². The summed E-state index contributed by atoms with van der Waals surface area (Å²) < 4.78 is 1.95. The molecule has 0 aromatic carbocycles. The van der Waals surface area contributed by atoms with Gasteiger partial charge in [0.1, 0.15) is 0 Å². The number of hydrogen-bond donors (Lipinski definition) is 0. The molecule has 0 saturated carbocycles. The van der Waals surface area contributed by atoms with Gasteiger partial charge in [-0.05, 0) is 41.3 Å². The summed E-state index contributed by atoms with van der Waals surface area (Å²) in [7, 11) is 0. The van der Waals surface area contributed by atoms with Crippen LogP contribution in [-0.4, -0.2) is 19.6 Å². The van der Waals surface area contributed by atoms with Gasteiger partial charge >= 0.3 is 0 Å². The molecule has 0 aliphatic rings. The van der Waals surface area contributed by atoms with Gasteiger partial charge in [0.15, 0.2) is 5.82 Å². The summed E-state index contributed by atoms with van der Waals surface area (Å²) in [6.45, 7) is 0. The average Bonchev–Trinajstić information content (AvgIpc) is 3.26. The molecule has 23 heavy (non-hydrogen) atoms. The predicted molar refractivity (Wildman–Crippen MR) is 93.4 cm³/mol. The third kappa shape index (κ3) is 2.84. The lowest BCUT2D eigenvalue weighted by Crippen LogP contribution is -2.23. The Morgan fingerprint density at radius 3 is 2.87 bits per heavy atom. The molecule has 0 saturated heterocycles. The molecule has 0 radical (unpaired) electrons. The van der Waals surface area contributed by atoms with Gasteiger partial charge in [0.05, 0.1) is 4.53 Å². The molecule has 7 heteroatoms. The van der Waals surface area contributed by atoms with Crippen molar-refractivity contribution in [2.24, 2.45) is 0 Å². The summed E-state index contributed by atoms with van der Waals surface area (Å²) in [5.41, 5.74) is 0.726. The standard InChI is InChI=1S/C16H10N4OS2/c21-15-13(9-11-3-1-7-17-10-11)23-16-18-14(19-20(15)16)6-5-12-4-2-8-22-12/h1-10H. The Morgan fingerprint density at radius 1 is 1.17 bits per heavy atom. The van der Waals surface area contributed by atoms with Crippen LogP contribution in [0.3, 0.4) is 0 Å². The van der Waals surface area contributed by atoms with Crippen LogP contribution in [0.25, 0.3) is 23.2 Å². The van der Waals surface area contributed by atoms with Gasteiger partial charge in [0.2, 0.25) is 4.96 Å². The molecule has 0 unspecified atom stereocenters. The minimum Gasteiger partial charge on any atom is -0.266 e. The summed E-state index contributed by atoms with van der Waals surface area (Å²) in [6, 6.07) is 7.73. The minimum absolute atomic E-state index is 0.155. The van der Waals surface area contributed by atoms with E-state index >= 15 is 0 Å². The first-order valence-electron chi connectivity index (χ1n) is 6.82. The Balaban J connectivity index is 1.72. The fraction of sp³-hybridized carbons (Fsp3) is 0. The molecule has 4 heterocycles. The van der Waals surface area contributed by atoms with E-state index in [-0.39, 0.29) is 5.56 Å². The molecule has 0 aliphatic heterocycles. The number of fused-ring (bicyclic) bond motifs is 1. The van der Waals surface area contributed by atoms with E-state index in [4.69, 9.17) is 0 Å². The molecule has 0 N–H and O–H groups in total. The van der Waals surface area contributed by atoms with Crippen molar-refractivity contribution in [2.75, 3.05) is 0 Å². The van der Waals surface area contributed by atoms with E-state index in [9.17, 15) is 4.79 Å². The third-order valence-corrected chi connectivity index (χ3v) is 4.92. The number of pyridine rings is 1. The zero-order valence-corrected chi connectivity index (χ0v) is 13.4. The fourth-order valence-electron chi connectivity index (χ4n) is 2.07. The van der Waals surface area contributed by atoms with E-state index in [0.717, 1.165) is 10.4 Å². The number of nitrogens with zero attached hydrogens (tertiary/aromatic N) is 4. The van der Waals surface area contributed by atoms with Crippen LogP contribution < -0.4 is 10.1 Å². The Labute approximate surface area is 138 Å². The van der Waals surface area contributed by atoms with Gasteiger partial charge in [-0.2, -0.15) is 9.50 Å². The number of thiophene rings is 1. The third-order valence-electron chi connectivity index (χ3n) is 3.12. The maximum Gasteiger partial charge on any atom is 0.291 e. The Morgan fingerprint density at radius 2 is 2.13 bits per heavy atom. The van der Waals surface area contributed by atoms with Crippen LogP contribution in [-0.2, 0) is 0 Å². The minimum atomic E-state index is -0.155. The van der Waals surface area contributed by atoms with Crippen molar-refractivity contribution in [3.05, 3.63) is 73.2 Å². The summed E-state index contributed by atoms with van der Waals surface area (Å²) in [6.07, 6.45) is 8.97. The SMILES string of the molecule is O=c1c(=Cc2cccnc2)sc2nc(C=Cc3cccs3)nn12. The van der Waals surface area contributed by atoms with Crippen LogP contribution in [0.4, 0.5) is 0 Å². The molecular weight excluding hydrogens is 328 g/mol. The van der Waals surface area contributed by atoms with E-state index in [1.165, 1.54) is 15.9 Å². The van der Waals surface area contributed by atoms with Gasteiger partial charge in [-0.1, -0.05) is 23.5 Å². The van der Waals surface area contributed by atoms with Gasteiger partial charge in [-0.25, -0.2) is 0 Å². The molecule has 112 valence electrons. The highest BCUT2D eigenvalue weighted by molar-refractivity contribution is 7.15. The molecule has 0 amide bonds. The molecule has 0 aliphatic carbocycles. The van der Waals surface area contributed by atoms with Crippen LogP contribution in [0, 0.1) is 0 Å². The van der Waals surface area contributed by atoms with Crippen molar-refractivity contribution in [1.82, 2.24) is 19.6 Å². The lowest BCUT2D eigenvalue weighted by molar-refractivity contribution is 0.925. The molecule has 0 fully saturated rings. The smallest absolute Gasteiger partial charge is 0.266 e. The Hall–Kier alpha value is -2.64. The van der Waals surface area contributed by atoms with Crippen LogP contribution >= 0.6 is 22.7 Å². The fourth-order valence-corrected chi connectivity index (χ4v) is 3.61. The van der Waals surface area contributed by atoms with E-state index in [0.29, 0.717) is 15.3 Å². The van der Waals surface area contributed by atoms with E-state index in [1.54, 1.807) is 29.8 Å². The monoisotopic (exact) mass is 338 g/mol. The average molecular weight is 338 g/mol. The largest absolute Gasteiger partial charge is 0.291 e. The van der Waals surface area contributed by atoms with E-state index < -0.39 is 0 Å². The first kappa shape index (κ1) is 14.0. The quantitative estimate of drug-likeness (QED) is 0.575. The van der Waals surface area contributed by atoms with Crippen molar-refractivity contribution in [2.45, 2.75) is 0 Å². The van der Waals surface area contributed by atoms with E-state index in [2.05, 4.69) is 15.1 Å². The molecule has 0 bridgehead atoms. The second-order valence-electron chi connectivity index (χ2n) is 4.72. The zero-order valence-electron chi connectivity index (χ0n) is 11.8. The molecular formula is C16H10N4OS2. The first-order valence-corrected chi connectivity index (χ1v) is 8.52. The lowest BCUT2D eigenvalue weighted by atomic mass is 10.3. The second kappa shape index (κ2) is 5.86. The second-order valence-corrected chi connectivity index (χ2v) is 6.70. The van der Waals surface area contributed by atoms with Gasteiger partial charge in [-0.3, -0.25) is 9.78 Å². The Bertz CT molecular complexity index is 1080. The van der Waals surface area contributed by atoms with Crippen molar-refractivity contribution in [3.8, 4) is 0 Å². The highest BCUT2D eigenvalue weighted by Crippen LogP contribution is 2.12. The maximum atomic E-state index is 12.4. The zero-order chi connectivity index (χ0) is 15.6. The van der Waals surface area contributed by atoms with Crippen molar-refractivity contribution >= 4 is 45.9 Å². The van der Waals surface area contributed by atoms with Gasteiger partial charge in [0.25, 0.3) is 5.56 Å². The molecule has 4 aromatic rings. The molecule has 0 atom stereocenters. The van der Waals surface area contributed by atoms with Crippen LogP contribution in [0.2, 0.25) is 0 Å². The van der Waals surface area contributed by atoms with Crippen LogP contribution in [0.5, 0.6) is 0 Å². The Kier molecular flexibility index (Phi) is 3.57. The maximum absolute atomic E-state index is 12.4. The first-order chi connectivity index (χ1) is 11.3. The van der Waals surface area contributed by atoms with Gasteiger partial charge < -0.3 is 0 Å². The summed E-state index contributed by atoms with van der Waals surface area (Å²) in [5.74, 6) is 0.537. The highest BCUT2D eigenvalue weighted by Gasteiger charge is 2.08. The summed E-state index contributed by atoms with van der Waals surface area (Å²) in [4.78, 5) is 22.5. The molecule has 5 nitrogen and oxygen atoms in total. The lowest BCUT2D eigenvalue weighted by Gasteiger charge is -1.87. The number of hydrogen-bond acceptors (Lipinski definition) is 6. The highest BCUT2D eigenvalue weighted by atomic mass is 32.1. The summed E-state index contributed by atoms with van der Waals surface area (Å²) in [5, 5.41) is 6.27.